The molecule has 1 aliphatic heterocycles. The summed E-state index contributed by atoms with van der Waals surface area (Å²) < 4.78 is 5.45. The summed E-state index contributed by atoms with van der Waals surface area (Å²) in [7, 11) is 0. The Kier molecular flexibility index (Phi) is 4.40. The molecule has 5 heteroatoms. The summed E-state index contributed by atoms with van der Waals surface area (Å²) in [6.45, 7) is 5.48. The van der Waals surface area contributed by atoms with Crippen LogP contribution in [0.2, 0.25) is 0 Å². The average molecular weight is 284 g/mol. The van der Waals surface area contributed by atoms with Gasteiger partial charge >= 0.3 is 0 Å². The first-order valence-electron chi connectivity index (χ1n) is 7.40. The molecular formula is C16H20N4O. The van der Waals surface area contributed by atoms with E-state index < -0.39 is 0 Å². The van der Waals surface area contributed by atoms with Crippen LogP contribution in [0.25, 0.3) is 0 Å². The van der Waals surface area contributed by atoms with Gasteiger partial charge in [0.05, 0.1) is 12.3 Å². The third-order valence-corrected chi connectivity index (χ3v) is 3.85. The van der Waals surface area contributed by atoms with Gasteiger partial charge in [-0.05, 0) is 31.0 Å². The van der Waals surface area contributed by atoms with Crippen LogP contribution in [-0.2, 0) is 11.3 Å². The normalized spacial score (nSPS) is 17.9. The summed E-state index contributed by atoms with van der Waals surface area (Å²) in [5.41, 5.74) is 2.32. The van der Waals surface area contributed by atoms with Crippen molar-refractivity contribution in [2.45, 2.75) is 25.8 Å². The predicted molar refractivity (Wildman–Crippen MR) is 81.2 cm³/mol. The summed E-state index contributed by atoms with van der Waals surface area (Å²) in [5, 5.41) is 0. The summed E-state index contributed by atoms with van der Waals surface area (Å²) >= 11 is 0. The van der Waals surface area contributed by atoms with Crippen molar-refractivity contribution in [3.05, 3.63) is 48.2 Å². The maximum atomic E-state index is 5.45. The van der Waals surface area contributed by atoms with Gasteiger partial charge in [0.2, 0.25) is 0 Å². The van der Waals surface area contributed by atoms with Crippen LogP contribution in [0.4, 0.5) is 5.82 Å². The number of pyridine rings is 1. The summed E-state index contributed by atoms with van der Waals surface area (Å²) in [6, 6.07) is 6.18. The monoisotopic (exact) mass is 284 g/mol. The lowest BCUT2D eigenvalue weighted by molar-refractivity contribution is 0.193. The van der Waals surface area contributed by atoms with Crippen LogP contribution < -0.4 is 4.90 Å². The second-order valence-corrected chi connectivity index (χ2v) is 5.23. The molecule has 3 rings (SSSR count). The molecule has 1 atom stereocenters. The van der Waals surface area contributed by atoms with E-state index in [-0.39, 0.29) is 0 Å². The minimum absolute atomic E-state index is 0.409. The van der Waals surface area contributed by atoms with Crippen LogP contribution in [0.1, 0.15) is 30.5 Å². The maximum absolute atomic E-state index is 5.45. The SMILES string of the molecule is CCN(Cc1ccncc1)c1cc([C@H]2CCOC2)ncn1. The molecule has 2 aromatic rings. The largest absolute Gasteiger partial charge is 0.381 e. The Hall–Kier alpha value is -2.01. The fourth-order valence-electron chi connectivity index (χ4n) is 2.59. The van der Waals surface area contributed by atoms with E-state index in [9.17, 15) is 0 Å². The highest BCUT2D eigenvalue weighted by Crippen LogP contribution is 2.25. The lowest BCUT2D eigenvalue weighted by atomic mass is 10.0. The van der Waals surface area contributed by atoms with E-state index in [0.717, 1.165) is 44.2 Å². The lowest BCUT2D eigenvalue weighted by Gasteiger charge is -2.22. The standard InChI is InChI=1S/C16H20N4O/c1-2-20(10-13-3-6-17-7-4-13)16-9-15(18-12-19-16)14-5-8-21-11-14/h3-4,6-7,9,12,14H,2,5,8,10-11H2,1H3/t14-/m0/s1. The molecule has 0 saturated carbocycles. The number of nitrogens with zero attached hydrogens (tertiary/aromatic N) is 4. The molecule has 0 aromatic carbocycles. The van der Waals surface area contributed by atoms with Crippen LogP contribution in [0.5, 0.6) is 0 Å². The van der Waals surface area contributed by atoms with Gasteiger partial charge in [-0.25, -0.2) is 9.97 Å². The highest BCUT2D eigenvalue weighted by molar-refractivity contribution is 5.40. The van der Waals surface area contributed by atoms with Crippen LogP contribution in [0, 0.1) is 0 Å². The first-order chi connectivity index (χ1) is 10.4. The van der Waals surface area contributed by atoms with Gasteiger partial charge in [-0.1, -0.05) is 0 Å². The van der Waals surface area contributed by atoms with Crippen LogP contribution in [-0.4, -0.2) is 34.7 Å². The van der Waals surface area contributed by atoms with Crippen molar-refractivity contribution in [3.63, 3.8) is 0 Å². The maximum Gasteiger partial charge on any atom is 0.132 e. The molecule has 110 valence electrons. The molecular weight excluding hydrogens is 264 g/mol. The van der Waals surface area contributed by atoms with Gasteiger partial charge in [0.25, 0.3) is 0 Å². The van der Waals surface area contributed by atoms with E-state index in [1.54, 1.807) is 6.33 Å². The first-order valence-corrected chi connectivity index (χ1v) is 7.40. The summed E-state index contributed by atoms with van der Waals surface area (Å²) in [5.74, 6) is 1.39. The Labute approximate surface area is 125 Å². The molecule has 0 N–H and O–H groups in total. The molecule has 5 nitrogen and oxygen atoms in total. The van der Waals surface area contributed by atoms with E-state index in [1.165, 1.54) is 5.56 Å². The molecule has 3 heterocycles. The Balaban J connectivity index is 1.78. The molecule has 1 saturated heterocycles. The molecule has 0 radical (unpaired) electrons. The lowest BCUT2D eigenvalue weighted by Crippen LogP contribution is -2.23. The van der Waals surface area contributed by atoms with Gasteiger partial charge in [-0.15, -0.1) is 0 Å². The molecule has 0 aliphatic carbocycles. The van der Waals surface area contributed by atoms with Crippen molar-refractivity contribution in [2.24, 2.45) is 0 Å². The number of hydrogen-bond acceptors (Lipinski definition) is 5. The molecule has 1 fully saturated rings. The number of hydrogen-bond donors (Lipinski definition) is 0. The van der Waals surface area contributed by atoms with Gasteiger partial charge in [0, 0.05) is 44.1 Å². The van der Waals surface area contributed by atoms with E-state index >= 15 is 0 Å². The van der Waals surface area contributed by atoms with Crippen molar-refractivity contribution in [3.8, 4) is 0 Å². The van der Waals surface area contributed by atoms with E-state index in [1.807, 2.05) is 24.5 Å². The third kappa shape index (κ3) is 3.36. The minimum atomic E-state index is 0.409. The molecule has 0 amide bonds. The third-order valence-electron chi connectivity index (χ3n) is 3.85. The highest BCUT2D eigenvalue weighted by Gasteiger charge is 2.20. The van der Waals surface area contributed by atoms with Gasteiger partial charge in [0.15, 0.2) is 0 Å². The Morgan fingerprint density at radius 3 is 2.86 bits per heavy atom. The Bertz CT molecular complexity index is 569. The highest BCUT2D eigenvalue weighted by atomic mass is 16.5. The van der Waals surface area contributed by atoms with E-state index in [2.05, 4.69) is 32.8 Å². The van der Waals surface area contributed by atoms with Gasteiger partial charge in [-0.3, -0.25) is 4.98 Å². The van der Waals surface area contributed by atoms with Crippen molar-refractivity contribution in [2.75, 3.05) is 24.7 Å². The van der Waals surface area contributed by atoms with Gasteiger partial charge in [0.1, 0.15) is 12.1 Å². The fourth-order valence-corrected chi connectivity index (χ4v) is 2.59. The van der Waals surface area contributed by atoms with Crippen LogP contribution in [0.3, 0.4) is 0 Å². The smallest absolute Gasteiger partial charge is 0.132 e. The molecule has 21 heavy (non-hydrogen) atoms. The van der Waals surface area contributed by atoms with E-state index in [0.29, 0.717) is 5.92 Å². The quantitative estimate of drug-likeness (QED) is 0.844. The first kappa shape index (κ1) is 13.9. The fraction of sp³-hybridized carbons (Fsp3) is 0.438. The van der Waals surface area contributed by atoms with Crippen LogP contribution in [0.15, 0.2) is 36.9 Å². The summed E-state index contributed by atoms with van der Waals surface area (Å²) in [6.07, 6.45) is 6.36. The van der Waals surface area contributed by atoms with Crippen molar-refractivity contribution in [1.82, 2.24) is 15.0 Å². The van der Waals surface area contributed by atoms with Gasteiger partial charge in [-0.2, -0.15) is 0 Å². The van der Waals surface area contributed by atoms with Crippen molar-refractivity contribution < 1.29 is 4.74 Å². The molecule has 1 aliphatic rings. The second-order valence-electron chi connectivity index (χ2n) is 5.23. The zero-order valence-electron chi connectivity index (χ0n) is 12.3. The number of aromatic nitrogens is 3. The van der Waals surface area contributed by atoms with Crippen LogP contribution >= 0.6 is 0 Å². The number of ether oxygens (including phenoxy) is 1. The average Bonchev–Trinajstić information content (AvgIpc) is 3.08. The minimum Gasteiger partial charge on any atom is -0.381 e. The summed E-state index contributed by atoms with van der Waals surface area (Å²) in [4.78, 5) is 15.2. The number of anilines is 1. The second kappa shape index (κ2) is 6.63. The zero-order chi connectivity index (χ0) is 14.5. The van der Waals surface area contributed by atoms with Gasteiger partial charge < -0.3 is 9.64 Å². The van der Waals surface area contributed by atoms with E-state index in [4.69, 9.17) is 4.74 Å². The zero-order valence-corrected chi connectivity index (χ0v) is 12.3. The van der Waals surface area contributed by atoms with Crippen molar-refractivity contribution >= 4 is 5.82 Å². The number of rotatable bonds is 5. The molecule has 0 unspecified atom stereocenters. The predicted octanol–water partition coefficient (Wildman–Crippen LogP) is 2.40. The molecule has 0 bridgehead atoms. The Morgan fingerprint density at radius 1 is 1.29 bits per heavy atom. The van der Waals surface area contributed by atoms with Crippen molar-refractivity contribution in [1.29, 1.82) is 0 Å². The molecule has 0 spiro atoms. The topological polar surface area (TPSA) is 51.1 Å². The molecule has 2 aromatic heterocycles. The Morgan fingerprint density at radius 2 is 2.14 bits per heavy atom.